The van der Waals surface area contributed by atoms with Crippen molar-refractivity contribution in [2.45, 2.75) is 25.7 Å². The van der Waals surface area contributed by atoms with Crippen LogP contribution in [-0.4, -0.2) is 31.6 Å². The van der Waals surface area contributed by atoms with Crippen molar-refractivity contribution >= 4 is 26.7 Å². The molecule has 124 valence electrons. The molecule has 0 fully saturated rings. The van der Waals surface area contributed by atoms with Gasteiger partial charge >= 0.3 is 29.6 Å². The molecule has 24 heavy (non-hydrogen) atoms. The zero-order valence-corrected chi connectivity index (χ0v) is 16.9. The van der Waals surface area contributed by atoms with E-state index in [0.717, 1.165) is 22.1 Å². The van der Waals surface area contributed by atoms with Crippen molar-refractivity contribution in [1.82, 2.24) is 0 Å². The summed E-state index contributed by atoms with van der Waals surface area (Å²) in [5.74, 6) is -0.131. The molecule has 2 aromatic carbocycles. The number of fused-ring (bicyclic) bond motifs is 1. The minimum Gasteiger partial charge on any atom is -0.748 e. The van der Waals surface area contributed by atoms with E-state index in [1.807, 2.05) is 36.4 Å². The standard InChI is InChI=1S/C17H20O5S.Na/c1-12(17(18)4-3-9-23(19,20)21)13-5-6-15-11-16(22-2)8-7-14(15)10-13;/h5-8,10-12H,3-4,9H2,1-2H3,(H,19,20,21);/q;+1/p-1. The molecule has 1 atom stereocenters. The number of Topliss-reactive ketones (excluding diaryl/α,β-unsaturated/α-hetero) is 1. The molecule has 0 spiro atoms. The number of benzene rings is 2. The number of methoxy groups -OCH3 is 1. The summed E-state index contributed by atoms with van der Waals surface area (Å²) in [7, 11) is -2.65. The molecule has 0 amide bonds. The predicted octanol–water partition coefficient (Wildman–Crippen LogP) is -0.150. The van der Waals surface area contributed by atoms with E-state index in [1.165, 1.54) is 0 Å². The van der Waals surface area contributed by atoms with Crippen molar-refractivity contribution < 1.29 is 52.1 Å². The van der Waals surface area contributed by atoms with E-state index < -0.39 is 15.9 Å². The molecule has 0 saturated heterocycles. The maximum Gasteiger partial charge on any atom is 1.00 e. The molecule has 0 heterocycles. The molecule has 0 radical (unpaired) electrons. The van der Waals surface area contributed by atoms with Crippen LogP contribution in [0.25, 0.3) is 10.8 Å². The molecule has 5 nitrogen and oxygen atoms in total. The van der Waals surface area contributed by atoms with Crippen molar-refractivity contribution in [1.29, 1.82) is 0 Å². The van der Waals surface area contributed by atoms with Gasteiger partial charge in [-0.05, 0) is 34.9 Å². The van der Waals surface area contributed by atoms with Crippen molar-refractivity contribution in [3.05, 3.63) is 42.0 Å². The van der Waals surface area contributed by atoms with Gasteiger partial charge < -0.3 is 9.29 Å². The molecule has 0 aliphatic rings. The first-order valence-electron chi connectivity index (χ1n) is 7.34. The maximum absolute atomic E-state index is 12.1. The van der Waals surface area contributed by atoms with E-state index >= 15 is 0 Å². The second kappa shape index (κ2) is 8.97. The topological polar surface area (TPSA) is 83.5 Å². The van der Waals surface area contributed by atoms with Crippen LogP contribution in [0.5, 0.6) is 5.75 Å². The van der Waals surface area contributed by atoms with Crippen molar-refractivity contribution in [3.63, 3.8) is 0 Å². The average Bonchev–Trinajstić information content (AvgIpc) is 2.51. The molecule has 7 heteroatoms. The van der Waals surface area contributed by atoms with Gasteiger partial charge in [-0.2, -0.15) is 0 Å². The van der Waals surface area contributed by atoms with Gasteiger partial charge in [0, 0.05) is 18.1 Å². The second-order valence-corrected chi connectivity index (χ2v) is 7.05. The molecule has 0 aliphatic heterocycles. The van der Waals surface area contributed by atoms with Gasteiger partial charge in [-0.15, -0.1) is 0 Å². The predicted molar refractivity (Wildman–Crippen MR) is 87.7 cm³/mol. The zero-order chi connectivity index (χ0) is 17.0. The monoisotopic (exact) mass is 358 g/mol. The number of hydrogen-bond acceptors (Lipinski definition) is 5. The number of carbonyl (C=O) groups excluding carboxylic acids is 1. The third kappa shape index (κ3) is 5.86. The summed E-state index contributed by atoms with van der Waals surface area (Å²) in [5, 5.41) is 2.02. The van der Waals surface area contributed by atoms with Gasteiger partial charge in [0.1, 0.15) is 11.5 Å². The number of ketones is 1. The van der Waals surface area contributed by atoms with Gasteiger partial charge in [-0.1, -0.05) is 31.2 Å². The van der Waals surface area contributed by atoms with Gasteiger partial charge in [0.25, 0.3) is 0 Å². The van der Waals surface area contributed by atoms with Crippen molar-refractivity contribution in [2.24, 2.45) is 0 Å². The summed E-state index contributed by atoms with van der Waals surface area (Å²) in [6.45, 7) is 1.79. The third-order valence-electron chi connectivity index (χ3n) is 3.87. The van der Waals surface area contributed by atoms with Crippen LogP contribution in [0.1, 0.15) is 31.2 Å². The van der Waals surface area contributed by atoms with Crippen LogP contribution in [0.2, 0.25) is 0 Å². The summed E-state index contributed by atoms with van der Waals surface area (Å²) in [6.07, 6.45) is 0.156. The fourth-order valence-electron chi connectivity index (χ4n) is 2.46. The summed E-state index contributed by atoms with van der Waals surface area (Å²) in [6, 6.07) is 11.5. The molecule has 2 rings (SSSR count). The maximum atomic E-state index is 12.1. The minimum atomic E-state index is -4.26. The van der Waals surface area contributed by atoms with E-state index in [-0.39, 0.29) is 54.1 Å². The largest absolute Gasteiger partial charge is 1.00 e. The SMILES string of the molecule is COc1ccc2cc(C(C)C(=O)CCCS(=O)(=O)[O-])ccc2c1.[Na+]. The Labute approximate surface area is 164 Å². The Kier molecular flexibility index (Phi) is 7.89. The Morgan fingerprint density at radius 3 is 2.42 bits per heavy atom. The molecule has 0 aliphatic carbocycles. The Bertz CT molecular complexity index is 817. The summed E-state index contributed by atoms with van der Waals surface area (Å²) >= 11 is 0. The molecular weight excluding hydrogens is 339 g/mol. The minimum absolute atomic E-state index is 0. The Morgan fingerprint density at radius 1 is 1.17 bits per heavy atom. The molecule has 1 unspecified atom stereocenters. The molecule has 0 bridgehead atoms. The third-order valence-corrected chi connectivity index (χ3v) is 4.66. The first-order chi connectivity index (χ1) is 10.8. The zero-order valence-electron chi connectivity index (χ0n) is 14.1. The van der Waals surface area contributed by atoms with E-state index in [0.29, 0.717) is 0 Å². The van der Waals surface area contributed by atoms with Crippen molar-refractivity contribution in [3.8, 4) is 5.75 Å². The van der Waals surface area contributed by atoms with Crippen LogP contribution >= 0.6 is 0 Å². The van der Waals surface area contributed by atoms with E-state index in [9.17, 15) is 17.8 Å². The van der Waals surface area contributed by atoms with Crippen LogP contribution in [0, 0.1) is 0 Å². The van der Waals surface area contributed by atoms with Crippen LogP contribution < -0.4 is 34.3 Å². The summed E-state index contributed by atoms with van der Waals surface area (Å²) in [5.41, 5.74) is 0.873. The van der Waals surface area contributed by atoms with Gasteiger partial charge in [0.15, 0.2) is 0 Å². The van der Waals surface area contributed by atoms with E-state index in [2.05, 4.69) is 0 Å². The second-order valence-electron chi connectivity index (χ2n) is 5.53. The van der Waals surface area contributed by atoms with Crippen LogP contribution in [-0.2, 0) is 14.9 Å². The van der Waals surface area contributed by atoms with Crippen molar-refractivity contribution in [2.75, 3.05) is 12.9 Å². The van der Waals surface area contributed by atoms with E-state index in [1.54, 1.807) is 14.0 Å². The summed E-state index contributed by atoms with van der Waals surface area (Å²) in [4.78, 5) is 12.1. The Morgan fingerprint density at radius 2 is 1.79 bits per heavy atom. The molecular formula is C17H19NaO5S. The smallest absolute Gasteiger partial charge is 0.748 e. The van der Waals surface area contributed by atoms with Crippen LogP contribution in [0.4, 0.5) is 0 Å². The number of rotatable bonds is 7. The van der Waals surface area contributed by atoms with Gasteiger partial charge in [0.2, 0.25) is 0 Å². The normalized spacial score (nSPS) is 12.5. The van der Waals surface area contributed by atoms with Gasteiger partial charge in [-0.25, -0.2) is 8.42 Å². The summed E-state index contributed by atoms with van der Waals surface area (Å²) < 4.78 is 36.9. The average molecular weight is 358 g/mol. The van der Waals surface area contributed by atoms with Crippen LogP contribution in [0.15, 0.2) is 36.4 Å². The Hall–Kier alpha value is -0.920. The van der Waals surface area contributed by atoms with Gasteiger partial charge in [0.05, 0.1) is 17.2 Å². The first kappa shape index (κ1) is 21.1. The first-order valence-corrected chi connectivity index (χ1v) is 8.92. The fraction of sp³-hybridized carbons (Fsp3) is 0.353. The Balaban J connectivity index is 0.00000288. The number of carbonyl (C=O) groups is 1. The molecule has 0 N–H and O–H groups in total. The van der Waals surface area contributed by atoms with Gasteiger partial charge in [-0.3, -0.25) is 4.79 Å². The van der Waals surface area contributed by atoms with E-state index in [4.69, 9.17) is 4.74 Å². The fourth-order valence-corrected chi connectivity index (χ4v) is 2.96. The number of hydrogen-bond donors (Lipinski definition) is 0. The molecule has 0 aromatic heterocycles. The molecule has 0 saturated carbocycles. The quantitative estimate of drug-likeness (QED) is 0.508. The number of ether oxygens (including phenoxy) is 1. The molecule has 2 aromatic rings. The van der Waals surface area contributed by atoms with Crippen LogP contribution in [0.3, 0.4) is 0 Å².